The molecule has 0 heterocycles. The summed E-state index contributed by atoms with van der Waals surface area (Å²) >= 11 is 0. The van der Waals surface area contributed by atoms with Crippen LogP contribution in [0.5, 0.6) is 5.75 Å². The lowest BCUT2D eigenvalue weighted by molar-refractivity contribution is 0.0774. The first kappa shape index (κ1) is 16.9. The average molecular weight is 312 g/mol. The third kappa shape index (κ3) is 4.74. The minimum absolute atomic E-state index is 0.00292. The number of aryl methyl sites for hydroxylation is 1. The number of rotatable bonds is 6. The van der Waals surface area contributed by atoms with E-state index in [9.17, 15) is 4.79 Å². The second-order valence-corrected chi connectivity index (χ2v) is 5.83. The largest absolute Gasteiger partial charge is 0.492 e. The number of carbonyl (C=O) groups is 1. The summed E-state index contributed by atoms with van der Waals surface area (Å²) in [6, 6.07) is 15.5. The number of nitrogens with zero attached hydrogens (tertiary/aromatic N) is 2. The molecule has 122 valence electrons. The first-order valence-electron chi connectivity index (χ1n) is 7.69. The zero-order chi connectivity index (χ0) is 16.8. The number of benzene rings is 2. The standard InChI is InChI=1S/C19H24N2O2/c1-15-6-5-7-18(14-15)23-13-12-21(4)19(22)16-8-10-17(11-9-16)20(2)3/h5-11,14H,12-13H2,1-4H3. The third-order valence-corrected chi connectivity index (χ3v) is 3.66. The van der Waals surface area contributed by atoms with Gasteiger partial charge in [0, 0.05) is 32.4 Å². The highest BCUT2D eigenvalue weighted by molar-refractivity contribution is 5.94. The lowest BCUT2D eigenvalue weighted by Gasteiger charge is -2.18. The summed E-state index contributed by atoms with van der Waals surface area (Å²) in [5.74, 6) is 0.837. The van der Waals surface area contributed by atoms with Crippen molar-refractivity contribution < 1.29 is 9.53 Å². The molecular weight excluding hydrogens is 288 g/mol. The van der Waals surface area contributed by atoms with Gasteiger partial charge in [-0.1, -0.05) is 12.1 Å². The quantitative estimate of drug-likeness (QED) is 0.821. The van der Waals surface area contributed by atoms with Crippen LogP contribution in [0.3, 0.4) is 0 Å². The van der Waals surface area contributed by atoms with Crippen molar-refractivity contribution in [3.05, 3.63) is 59.7 Å². The van der Waals surface area contributed by atoms with Gasteiger partial charge in [0.05, 0.1) is 6.54 Å². The molecule has 0 unspecified atom stereocenters. The molecule has 0 bridgehead atoms. The molecule has 23 heavy (non-hydrogen) atoms. The topological polar surface area (TPSA) is 32.8 Å². The first-order chi connectivity index (χ1) is 11.0. The van der Waals surface area contributed by atoms with Crippen molar-refractivity contribution in [3.63, 3.8) is 0 Å². The van der Waals surface area contributed by atoms with E-state index in [-0.39, 0.29) is 5.91 Å². The number of hydrogen-bond acceptors (Lipinski definition) is 3. The molecule has 0 aliphatic rings. The summed E-state index contributed by atoms with van der Waals surface area (Å²) in [6.45, 7) is 3.05. The Morgan fingerprint density at radius 3 is 2.35 bits per heavy atom. The smallest absolute Gasteiger partial charge is 0.253 e. The minimum atomic E-state index is 0.00292. The molecule has 0 N–H and O–H groups in total. The third-order valence-electron chi connectivity index (χ3n) is 3.66. The molecule has 4 heteroatoms. The Kier molecular flexibility index (Phi) is 5.63. The number of hydrogen-bond donors (Lipinski definition) is 0. The highest BCUT2D eigenvalue weighted by Crippen LogP contribution is 2.14. The summed E-state index contributed by atoms with van der Waals surface area (Å²) in [4.78, 5) is 16.1. The Morgan fingerprint density at radius 2 is 1.74 bits per heavy atom. The van der Waals surface area contributed by atoms with Crippen LogP contribution in [0, 0.1) is 6.92 Å². The van der Waals surface area contributed by atoms with E-state index in [1.165, 1.54) is 0 Å². The molecule has 2 rings (SSSR count). The Labute approximate surface area is 138 Å². The predicted octanol–water partition coefficient (Wildman–Crippen LogP) is 3.21. The fourth-order valence-corrected chi connectivity index (χ4v) is 2.23. The normalized spacial score (nSPS) is 10.3. The van der Waals surface area contributed by atoms with Gasteiger partial charge in [-0.3, -0.25) is 4.79 Å². The van der Waals surface area contributed by atoms with Crippen LogP contribution in [0.25, 0.3) is 0 Å². The fourth-order valence-electron chi connectivity index (χ4n) is 2.23. The van der Waals surface area contributed by atoms with Gasteiger partial charge in [0.2, 0.25) is 0 Å². The van der Waals surface area contributed by atoms with E-state index in [2.05, 4.69) is 0 Å². The second kappa shape index (κ2) is 7.68. The van der Waals surface area contributed by atoms with Gasteiger partial charge < -0.3 is 14.5 Å². The van der Waals surface area contributed by atoms with Crippen molar-refractivity contribution in [2.45, 2.75) is 6.92 Å². The molecule has 2 aromatic carbocycles. The monoisotopic (exact) mass is 312 g/mol. The van der Waals surface area contributed by atoms with Crippen LogP contribution in [-0.2, 0) is 0 Å². The summed E-state index contributed by atoms with van der Waals surface area (Å²) in [5, 5.41) is 0. The summed E-state index contributed by atoms with van der Waals surface area (Å²) in [6.07, 6.45) is 0. The molecule has 1 amide bonds. The van der Waals surface area contributed by atoms with Crippen LogP contribution in [-0.4, -0.2) is 45.1 Å². The zero-order valence-corrected chi connectivity index (χ0v) is 14.2. The van der Waals surface area contributed by atoms with Crippen LogP contribution in [0.1, 0.15) is 15.9 Å². The Bertz CT molecular complexity index is 651. The molecule has 0 aromatic heterocycles. The summed E-state index contributed by atoms with van der Waals surface area (Å²) in [5.41, 5.74) is 2.92. The van der Waals surface area contributed by atoms with Gasteiger partial charge in [-0.05, 0) is 48.9 Å². The molecule has 0 fully saturated rings. The van der Waals surface area contributed by atoms with Crippen molar-refractivity contribution >= 4 is 11.6 Å². The second-order valence-electron chi connectivity index (χ2n) is 5.83. The average Bonchev–Trinajstić information content (AvgIpc) is 2.54. The molecule has 0 aliphatic carbocycles. The molecule has 0 saturated heterocycles. The Balaban J connectivity index is 1.87. The maximum absolute atomic E-state index is 12.4. The van der Waals surface area contributed by atoms with Gasteiger partial charge >= 0.3 is 0 Å². The van der Waals surface area contributed by atoms with Crippen LogP contribution < -0.4 is 9.64 Å². The van der Waals surface area contributed by atoms with Gasteiger partial charge in [-0.15, -0.1) is 0 Å². The van der Waals surface area contributed by atoms with E-state index in [4.69, 9.17) is 4.74 Å². The van der Waals surface area contributed by atoms with Crippen molar-refractivity contribution in [2.24, 2.45) is 0 Å². The molecule has 2 aromatic rings. The molecule has 0 radical (unpaired) electrons. The molecule has 0 aliphatic heterocycles. The molecular formula is C19H24N2O2. The zero-order valence-electron chi connectivity index (χ0n) is 14.2. The lowest BCUT2D eigenvalue weighted by Crippen LogP contribution is -2.30. The number of likely N-dealkylation sites (N-methyl/N-ethyl adjacent to an activating group) is 1. The fraction of sp³-hybridized carbons (Fsp3) is 0.316. The van der Waals surface area contributed by atoms with Crippen LogP contribution >= 0.6 is 0 Å². The predicted molar refractivity (Wildman–Crippen MR) is 94.4 cm³/mol. The number of anilines is 1. The molecule has 0 spiro atoms. The van der Waals surface area contributed by atoms with E-state index >= 15 is 0 Å². The number of carbonyl (C=O) groups excluding carboxylic acids is 1. The SMILES string of the molecule is Cc1cccc(OCCN(C)C(=O)c2ccc(N(C)C)cc2)c1. The van der Waals surface area contributed by atoms with Crippen molar-refractivity contribution in [1.29, 1.82) is 0 Å². The summed E-state index contributed by atoms with van der Waals surface area (Å²) < 4.78 is 5.69. The van der Waals surface area contributed by atoms with Crippen molar-refractivity contribution in [2.75, 3.05) is 39.2 Å². The lowest BCUT2D eigenvalue weighted by atomic mass is 10.2. The van der Waals surface area contributed by atoms with Gasteiger partial charge in [0.1, 0.15) is 12.4 Å². The highest BCUT2D eigenvalue weighted by atomic mass is 16.5. The van der Waals surface area contributed by atoms with E-state index < -0.39 is 0 Å². The van der Waals surface area contributed by atoms with Crippen LogP contribution in [0.2, 0.25) is 0 Å². The van der Waals surface area contributed by atoms with Gasteiger partial charge in [-0.25, -0.2) is 0 Å². The minimum Gasteiger partial charge on any atom is -0.492 e. The van der Waals surface area contributed by atoms with Crippen molar-refractivity contribution in [3.8, 4) is 5.75 Å². The summed E-state index contributed by atoms with van der Waals surface area (Å²) in [7, 11) is 5.75. The first-order valence-corrected chi connectivity index (χ1v) is 7.69. The van der Waals surface area contributed by atoms with E-state index in [1.54, 1.807) is 11.9 Å². The van der Waals surface area contributed by atoms with Gasteiger partial charge in [0.15, 0.2) is 0 Å². The maximum Gasteiger partial charge on any atom is 0.253 e. The number of ether oxygens (including phenoxy) is 1. The maximum atomic E-state index is 12.4. The molecule has 4 nitrogen and oxygen atoms in total. The molecule has 0 saturated carbocycles. The number of amides is 1. The van der Waals surface area contributed by atoms with E-state index in [0.717, 1.165) is 17.0 Å². The van der Waals surface area contributed by atoms with Gasteiger partial charge in [0.25, 0.3) is 5.91 Å². The molecule has 0 atom stereocenters. The van der Waals surface area contributed by atoms with Crippen LogP contribution in [0.4, 0.5) is 5.69 Å². The van der Waals surface area contributed by atoms with Crippen molar-refractivity contribution in [1.82, 2.24) is 4.90 Å². The van der Waals surface area contributed by atoms with Crippen LogP contribution in [0.15, 0.2) is 48.5 Å². The Morgan fingerprint density at radius 1 is 1.04 bits per heavy atom. The van der Waals surface area contributed by atoms with Gasteiger partial charge in [-0.2, -0.15) is 0 Å². The van der Waals surface area contributed by atoms with E-state index in [0.29, 0.717) is 18.7 Å². The Hall–Kier alpha value is -2.49. The van der Waals surface area contributed by atoms with E-state index in [1.807, 2.05) is 74.4 Å². The highest BCUT2D eigenvalue weighted by Gasteiger charge is 2.11.